The fourth-order valence-electron chi connectivity index (χ4n) is 2.00. The molecule has 0 aliphatic rings. The Labute approximate surface area is 119 Å². The van der Waals surface area contributed by atoms with Crippen molar-refractivity contribution in [3.63, 3.8) is 0 Å². The summed E-state index contributed by atoms with van der Waals surface area (Å²) in [7, 11) is 0. The van der Waals surface area contributed by atoms with Gasteiger partial charge in [-0.15, -0.1) is 0 Å². The van der Waals surface area contributed by atoms with Crippen molar-refractivity contribution < 1.29 is 9.13 Å². The Morgan fingerprint density at radius 3 is 2.40 bits per heavy atom. The van der Waals surface area contributed by atoms with Crippen molar-refractivity contribution in [1.82, 2.24) is 5.32 Å². The van der Waals surface area contributed by atoms with E-state index in [0.29, 0.717) is 6.61 Å². The van der Waals surface area contributed by atoms with Gasteiger partial charge in [-0.05, 0) is 29.8 Å². The van der Waals surface area contributed by atoms with Gasteiger partial charge < -0.3 is 10.1 Å². The molecule has 2 rings (SSSR count). The maximum absolute atomic E-state index is 13.0. The lowest BCUT2D eigenvalue weighted by Crippen LogP contribution is -2.23. The molecular weight excluding hydrogens is 253 g/mol. The summed E-state index contributed by atoms with van der Waals surface area (Å²) in [6.07, 6.45) is -0.0734. The van der Waals surface area contributed by atoms with Gasteiger partial charge in [0.15, 0.2) is 0 Å². The monoisotopic (exact) mass is 273 g/mol. The number of likely N-dealkylation sites (N-methyl/N-ethyl adjacent to an activating group) is 1. The summed E-state index contributed by atoms with van der Waals surface area (Å²) in [4.78, 5) is 0. The molecular formula is C17H20FNO. The van der Waals surface area contributed by atoms with E-state index in [-0.39, 0.29) is 11.9 Å². The van der Waals surface area contributed by atoms with E-state index >= 15 is 0 Å². The maximum Gasteiger partial charge on any atom is 0.123 e. The van der Waals surface area contributed by atoms with Crippen LogP contribution in [-0.4, -0.2) is 13.1 Å². The first kappa shape index (κ1) is 14.7. The molecule has 106 valence electrons. The molecule has 0 bridgehead atoms. The summed E-state index contributed by atoms with van der Waals surface area (Å²) in [5, 5.41) is 3.28. The zero-order chi connectivity index (χ0) is 14.2. The summed E-state index contributed by atoms with van der Waals surface area (Å²) in [6.45, 7) is 4.20. The van der Waals surface area contributed by atoms with Crippen LogP contribution in [0.25, 0.3) is 0 Å². The molecule has 1 unspecified atom stereocenters. The predicted octanol–water partition coefficient (Wildman–Crippen LogP) is 3.69. The lowest BCUT2D eigenvalue weighted by atomic mass is 10.1. The molecule has 0 spiro atoms. The van der Waals surface area contributed by atoms with Crippen molar-refractivity contribution in [2.24, 2.45) is 0 Å². The molecule has 0 amide bonds. The number of hydrogen-bond acceptors (Lipinski definition) is 2. The molecule has 0 saturated heterocycles. The van der Waals surface area contributed by atoms with Crippen LogP contribution in [0, 0.1) is 5.82 Å². The van der Waals surface area contributed by atoms with Crippen molar-refractivity contribution in [3.8, 4) is 0 Å². The molecule has 20 heavy (non-hydrogen) atoms. The lowest BCUT2D eigenvalue weighted by Gasteiger charge is -2.19. The van der Waals surface area contributed by atoms with E-state index in [1.807, 2.05) is 30.3 Å². The van der Waals surface area contributed by atoms with Crippen LogP contribution in [0.4, 0.5) is 4.39 Å². The van der Waals surface area contributed by atoms with Gasteiger partial charge in [0.05, 0.1) is 12.7 Å². The minimum absolute atomic E-state index is 0.0734. The Balaban J connectivity index is 2.01. The summed E-state index contributed by atoms with van der Waals surface area (Å²) in [5.74, 6) is -0.223. The molecule has 2 nitrogen and oxygen atoms in total. The second-order valence-corrected chi connectivity index (χ2v) is 4.64. The minimum Gasteiger partial charge on any atom is -0.368 e. The fourth-order valence-corrected chi connectivity index (χ4v) is 2.00. The van der Waals surface area contributed by atoms with E-state index in [9.17, 15) is 4.39 Å². The SMILES string of the molecule is CCNCC(OCc1ccccc1)c1ccc(F)cc1. The number of ether oxygens (including phenoxy) is 1. The van der Waals surface area contributed by atoms with Crippen molar-refractivity contribution >= 4 is 0 Å². The highest BCUT2D eigenvalue weighted by molar-refractivity contribution is 5.19. The fraction of sp³-hybridized carbons (Fsp3) is 0.294. The van der Waals surface area contributed by atoms with Crippen LogP contribution in [0.2, 0.25) is 0 Å². The van der Waals surface area contributed by atoms with E-state index in [1.165, 1.54) is 12.1 Å². The maximum atomic E-state index is 13.0. The largest absolute Gasteiger partial charge is 0.368 e. The highest BCUT2D eigenvalue weighted by atomic mass is 19.1. The van der Waals surface area contributed by atoms with Crippen molar-refractivity contribution in [2.45, 2.75) is 19.6 Å². The minimum atomic E-state index is -0.223. The molecule has 2 aromatic rings. The summed E-state index contributed by atoms with van der Waals surface area (Å²) >= 11 is 0. The summed E-state index contributed by atoms with van der Waals surface area (Å²) < 4.78 is 19.0. The van der Waals surface area contributed by atoms with E-state index < -0.39 is 0 Å². The molecule has 1 N–H and O–H groups in total. The standard InChI is InChI=1S/C17H20FNO/c1-2-19-12-17(15-8-10-16(18)11-9-15)20-13-14-6-4-3-5-7-14/h3-11,17,19H,2,12-13H2,1H3. The second-order valence-electron chi connectivity index (χ2n) is 4.64. The van der Waals surface area contributed by atoms with Gasteiger partial charge in [-0.3, -0.25) is 0 Å². The molecule has 3 heteroatoms. The number of hydrogen-bond donors (Lipinski definition) is 1. The van der Waals surface area contributed by atoms with Gasteiger partial charge in [0, 0.05) is 6.54 Å². The van der Waals surface area contributed by atoms with Crippen LogP contribution in [0.15, 0.2) is 54.6 Å². The van der Waals surface area contributed by atoms with Crippen LogP contribution in [-0.2, 0) is 11.3 Å². The predicted molar refractivity (Wildman–Crippen MR) is 78.9 cm³/mol. The molecule has 0 aliphatic carbocycles. The van der Waals surface area contributed by atoms with Gasteiger partial charge in [-0.1, -0.05) is 49.4 Å². The highest BCUT2D eigenvalue weighted by Crippen LogP contribution is 2.19. The van der Waals surface area contributed by atoms with Gasteiger partial charge in [0.2, 0.25) is 0 Å². The third-order valence-corrected chi connectivity index (χ3v) is 3.12. The van der Waals surface area contributed by atoms with Crippen LogP contribution in [0.5, 0.6) is 0 Å². The Hall–Kier alpha value is -1.71. The Morgan fingerprint density at radius 2 is 1.75 bits per heavy atom. The van der Waals surface area contributed by atoms with Crippen LogP contribution >= 0.6 is 0 Å². The molecule has 1 atom stereocenters. The number of rotatable bonds is 7. The average molecular weight is 273 g/mol. The smallest absolute Gasteiger partial charge is 0.123 e. The molecule has 2 aromatic carbocycles. The zero-order valence-electron chi connectivity index (χ0n) is 11.7. The van der Waals surface area contributed by atoms with Crippen molar-refractivity contribution in [3.05, 3.63) is 71.5 Å². The van der Waals surface area contributed by atoms with E-state index in [0.717, 1.165) is 24.2 Å². The molecule has 0 saturated carbocycles. The van der Waals surface area contributed by atoms with Crippen LogP contribution in [0.1, 0.15) is 24.2 Å². The quantitative estimate of drug-likeness (QED) is 0.830. The van der Waals surface area contributed by atoms with Crippen molar-refractivity contribution in [2.75, 3.05) is 13.1 Å². The molecule has 0 aliphatic heterocycles. The third-order valence-electron chi connectivity index (χ3n) is 3.12. The first-order valence-corrected chi connectivity index (χ1v) is 6.91. The summed E-state index contributed by atoms with van der Waals surface area (Å²) in [6, 6.07) is 16.6. The number of benzene rings is 2. The van der Waals surface area contributed by atoms with Gasteiger partial charge in [0.25, 0.3) is 0 Å². The van der Waals surface area contributed by atoms with E-state index in [1.54, 1.807) is 12.1 Å². The van der Waals surface area contributed by atoms with Crippen LogP contribution < -0.4 is 5.32 Å². The Morgan fingerprint density at radius 1 is 1.05 bits per heavy atom. The van der Waals surface area contributed by atoms with Gasteiger partial charge in [-0.2, -0.15) is 0 Å². The molecule has 0 radical (unpaired) electrons. The van der Waals surface area contributed by atoms with Crippen LogP contribution in [0.3, 0.4) is 0 Å². The van der Waals surface area contributed by atoms with Crippen molar-refractivity contribution in [1.29, 1.82) is 0 Å². The first-order valence-electron chi connectivity index (χ1n) is 6.91. The zero-order valence-corrected chi connectivity index (χ0v) is 11.7. The Bertz CT molecular complexity index is 498. The second kappa shape index (κ2) is 7.78. The molecule has 0 heterocycles. The third kappa shape index (κ3) is 4.44. The van der Waals surface area contributed by atoms with Gasteiger partial charge >= 0.3 is 0 Å². The first-order chi connectivity index (χ1) is 9.79. The van der Waals surface area contributed by atoms with Gasteiger partial charge in [0.1, 0.15) is 5.82 Å². The lowest BCUT2D eigenvalue weighted by molar-refractivity contribution is 0.0401. The normalized spacial score (nSPS) is 12.3. The van der Waals surface area contributed by atoms with Gasteiger partial charge in [-0.25, -0.2) is 4.39 Å². The number of nitrogens with one attached hydrogen (secondary N) is 1. The van der Waals surface area contributed by atoms with E-state index in [2.05, 4.69) is 12.2 Å². The highest BCUT2D eigenvalue weighted by Gasteiger charge is 2.11. The average Bonchev–Trinajstić information content (AvgIpc) is 2.50. The molecule has 0 fully saturated rings. The topological polar surface area (TPSA) is 21.3 Å². The summed E-state index contributed by atoms with van der Waals surface area (Å²) in [5.41, 5.74) is 2.12. The number of halogens is 1. The van der Waals surface area contributed by atoms with E-state index in [4.69, 9.17) is 4.74 Å². The molecule has 0 aromatic heterocycles. The Kier molecular flexibility index (Phi) is 5.71.